The van der Waals surface area contributed by atoms with Crippen molar-refractivity contribution in [1.82, 2.24) is 4.90 Å². The predicted octanol–water partition coefficient (Wildman–Crippen LogP) is 4.12. The van der Waals surface area contributed by atoms with Crippen LogP contribution in [0.2, 0.25) is 0 Å². The first-order valence-corrected chi connectivity index (χ1v) is 10.1. The lowest BCUT2D eigenvalue weighted by atomic mass is 9.98. The van der Waals surface area contributed by atoms with Crippen molar-refractivity contribution >= 4 is 34.6 Å². The molecule has 0 radical (unpaired) electrons. The van der Waals surface area contributed by atoms with E-state index in [4.69, 9.17) is 4.74 Å². The first kappa shape index (κ1) is 17.0. The van der Waals surface area contributed by atoms with Gasteiger partial charge in [-0.1, -0.05) is 30.3 Å². The summed E-state index contributed by atoms with van der Waals surface area (Å²) in [6.07, 6.45) is -0.344. The molecule has 26 heavy (non-hydrogen) atoms. The van der Waals surface area contributed by atoms with E-state index >= 15 is 0 Å². The zero-order chi connectivity index (χ0) is 17.9. The largest absolute Gasteiger partial charge is 0.448 e. The Morgan fingerprint density at radius 2 is 1.65 bits per heavy atom. The Labute approximate surface area is 159 Å². The molecular formula is C20H17NO3S2. The minimum Gasteiger partial charge on any atom is -0.448 e. The average Bonchev–Trinajstić information content (AvgIpc) is 3.34. The molecule has 4 nitrogen and oxygen atoms in total. The zero-order valence-corrected chi connectivity index (χ0v) is 15.6. The minimum atomic E-state index is -0.766. The number of cyclic esters (lactones) is 1. The van der Waals surface area contributed by atoms with Gasteiger partial charge in [-0.05, 0) is 34.5 Å². The number of hydrogen-bond donors (Lipinski definition) is 0. The number of nitrogens with zero attached hydrogens (tertiary/aromatic N) is 1. The SMILES string of the molecule is O=C1OC(C(=O)N(Cc2cccs2)Cc2cccs2)Cc2ccccc21. The van der Waals surface area contributed by atoms with Crippen LogP contribution in [0.3, 0.4) is 0 Å². The molecule has 132 valence electrons. The van der Waals surface area contributed by atoms with E-state index < -0.39 is 12.1 Å². The maximum Gasteiger partial charge on any atom is 0.339 e. The molecule has 1 aliphatic heterocycles. The molecule has 0 N–H and O–H groups in total. The van der Waals surface area contributed by atoms with E-state index in [-0.39, 0.29) is 5.91 Å². The summed E-state index contributed by atoms with van der Waals surface area (Å²) in [5.41, 5.74) is 1.42. The predicted molar refractivity (Wildman–Crippen MR) is 102 cm³/mol. The van der Waals surface area contributed by atoms with Crippen LogP contribution in [-0.2, 0) is 29.0 Å². The van der Waals surface area contributed by atoms with E-state index in [0.717, 1.165) is 15.3 Å². The minimum absolute atomic E-state index is 0.144. The van der Waals surface area contributed by atoms with E-state index in [0.29, 0.717) is 25.1 Å². The van der Waals surface area contributed by atoms with Gasteiger partial charge in [0, 0.05) is 16.2 Å². The van der Waals surface area contributed by atoms with Crippen LogP contribution >= 0.6 is 22.7 Å². The smallest absolute Gasteiger partial charge is 0.339 e. The first-order chi connectivity index (χ1) is 12.7. The fourth-order valence-corrected chi connectivity index (χ4v) is 4.50. The normalized spacial score (nSPS) is 16.0. The number of rotatable bonds is 5. The summed E-state index contributed by atoms with van der Waals surface area (Å²) in [6, 6.07) is 15.3. The lowest BCUT2D eigenvalue weighted by Crippen LogP contribution is -2.43. The number of thiophene rings is 2. The van der Waals surface area contributed by atoms with Gasteiger partial charge in [0.2, 0.25) is 0 Å². The van der Waals surface area contributed by atoms with Crippen LogP contribution < -0.4 is 0 Å². The van der Waals surface area contributed by atoms with Crippen LogP contribution in [0.25, 0.3) is 0 Å². The maximum absolute atomic E-state index is 13.2. The molecule has 3 heterocycles. The number of esters is 1. The van der Waals surface area contributed by atoms with Crippen molar-refractivity contribution in [2.45, 2.75) is 25.6 Å². The molecule has 1 aromatic carbocycles. The highest BCUT2D eigenvalue weighted by Gasteiger charge is 2.34. The average molecular weight is 383 g/mol. The van der Waals surface area contributed by atoms with Crippen molar-refractivity contribution < 1.29 is 14.3 Å². The molecule has 1 atom stereocenters. The van der Waals surface area contributed by atoms with Crippen LogP contribution in [0.4, 0.5) is 0 Å². The van der Waals surface area contributed by atoms with Crippen LogP contribution in [0.15, 0.2) is 59.3 Å². The third-order valence-corrected chi connectivity index (χ3v) is 6.05. The second-order valence-electron chi connectivity index (χ2n) is 6.11. The molecule has 0 fully saturated rings. The molecule has 1 amide bonds. The lowest BCUT2D eigenvalue weighted by Gasteiger charge is -2.29. The number of carbonyl (C=O) groups is 2. The number of carbonyl (C=O) groups excluding carboxylic acids is 2. The number of fused-ring (bicyclic) bond motifs is 1. The summed E-state index contributed by atoms with van der Waals surface area (Å²) in [6.45, 7) is 1.04. The molecule has 4 rings (SSSR count). The monoisotopic (exact) mass is 383 g/mol. The molecule has 0 spiro atoms. The highest BCUT2D eigenvalue weighted by Crippen LogP contribution is 2.24. The van der Waals surface area contributed by atoms with Crippen molar-refractivity contribution in [1.29, 1.82) is 0 Å². The molecule has 0 saturated heterocycles. The van der Waals surface area contributed by atoms with E-state index in [2.05, 4.69) is 0 Å². The molecular weight excluding hydrogens is 366 g/mol. The van der Waals surface area contributed by atoms with Crippen LogP contribution in [-0.4, -0.2) is 22.9 Å². The summed E-state index contributed by atoms with van der Waals surface area (Å²) < 4.78 is 5.47. The van der Waals surface area contributed by atoms with Gasteiger partial charge in [-0.15, -0.1) is 22.7 Å². The van der Waals surface area contributed by atoms with Crippen molar-refractivity contribution in [3.8, 4) is 0 Å². The summed E-state index contributed by atoms with van der Waals surface area (Å²) in [4.78, 5) is 29.4. The van der Waals surface area contributed by atoms with Gasteiger partial charge in [0.05, 0.1) is 18.7 Å². The van der Waals surface area contributed by atoms with Crippen LogP contribution in [0, 0.1) is 0 Å². The molecule has 0 aliphatic carbocycles. The topological polar surface area (TPSA) is 46.6 Å². The molecule has 0 saturated carbocycles. The second-order valence-corrected chi connectivity index (χ2v) is 8.17. The van der Waals surface area contributed by atoms with Crippen LogP contribution in [0.1, 0.15) is 25.7 Å². The van der Waals surface area contributed by atoms with Gasteiger partial charge in [0.1, 0.15) is 0 Å². The fraction of sp³-hybridized carbons (Fsp3) is 0.200. The molecule has 2 aromatic heterocycles. The Bertz CT molecular complexity index is 867. The van der Waals surface area contributed by atoms with E-state index in [1.807, 2.05) is 53.2 Å². The van der Waals surface area contributed by atoms with E-state index in [1.54, 1.807) is 33.6 Å². The Morgan fingerprint density at radius 1 is 1.00 bits per heavy atom. The number of benzene rings is 1. The zero-order valence-electron chi connectivity index (χ0n) is 14.0. The lowest BCUT2D eigenvalue weighted by molar-refractivity contribution is -0.142. The molecule has 1 aliphatic rings. The van der Waals surface area contributed by atoms with Gasteiger partial charge < -0.3 is 9.64 Å². The number of hydrogen-bond acceptors (Lipinski definition) is 5. The van der Waals surface area contributed by atoms with Crippen LogP contribution in [0.5, 0.6) is 0 Å². The van der Waals surface area contributed by atoms with Crippen molar-refractivity contribution in [2.75, 3.05) is 0 Å². The third-order valence-electron chi connectivity index (χ3n) is 4.33. The van der Waals surface area contributed by atoms with Crippen molar-refractivity contribution in [2.24, 2.45) is 0 Å². The van der Waals surface area contributed by atoms with Crippen molar-refractivity contribution in [3.05, 3.63) is 80.2 Å². The number of amides is 1. The van der Waals surface area contributed by atoms with Crippen molar-refractivity contribution in [3.63, 3.8) is 0 Å². The molecule has 6 heteroatoms. The highest BCUT2D eigenvalue weighted by atomic mass is 32.1. The standard InChI is InChI=1S/C20H17NO3S2/c22-19(18-11-14-5-1-2-8-17(14)20(23)24-18)21(12-15-6-3-9-25-15)13-16-7-4-10-26-16/h1-10,18H,11-13H2. The van der Waals surface area contributed by atoms with Gasteiger partial charge >= 0.3 is 5.97 Å². The Balaban J connectivity index is 1.57. The summed E-state index contributed by atoms with van der Waals surface area (Å²) in [5.74, 6) is -0.563. The van der Waals surface area contributed by atoms with Gasteiger partial charge in [0.15, 0.2) is 6.10 Å². The third kappa shape index (κ3) is 3.57. The summed E-state index contributed by atoms with van der Waals surface area (Å²) in [7, 11) is 0. The van der Waals surface area contributed by atoms with Gasteiger partial charge in [-0.25, -0.2) is 4.79 Å². The van der Waals surface area contributed by atoms with Gasteiger partial charge in [0.25, 0.3) is 5.91 Å². The van der Waals surface area contributed by atoms with Gasteiger partial charge in [-0.2, -0.15) is 0 Å². The number of ether oxygens (including phenoxy) is 1. The quantitative estimate of drug-likeness (QED) is 0.623. The second kappa shape index (κ2) is 7.43. The van der Waals surface area contributed by atoms with E-state index in [1.165, 1.54) is 0 Å². The highest BCUT2D eigenvalue weighted by molar-refractivity contribution is 7.10. The maximum atomic E-state index is 13.2. The Hall–Kier alpha value is -2.44. The fourth-order valence-electron chi connectivity index (χ4n) is 3.07. The summed E-state index contributed by atoms with van der Waals surface area (Å²) in [5, 5.41) is 4.00. The molecule has 0 bridgehead atoms. The summed E-state index contributed by atoms with van der Waals surface area (Å²) >= 11 is 3.24. The van der Waals surface area contributed by atoms with Gasteiger partial charge in [-0.3, -0.25) is 4.79 Å². The Morgan fingerprint density at radius 3 is 2.27 bits per heavy atom. The molecule has 3 aromatic rings. The molecule has 1 unspecified atom stereocenters. The van der Waals surface area contributed by atoms with E-state index in [9.17, 15) is 9.59 Å². The Kier molecular flexibility index (Phi) is 4.86. The first-order valence-electron chi connectivity index (χ1n) is 8.33.